The van der Waals surface area contributed by atoms with Gasteiger partial charge in [-0.2, -0.15) is 0 Å². The lowest BCUT2D eigenvalue weighted by atomic mass is 10.2. The van der Waals surface area contributed by atoms with Gasteiger partial charge in [-0.3, -0.25) is 9.59 Å². The molecule has 1 saturated heterocycles. The summed E-state index contributed by atoms with van der Waals surface area (Å²) in [5.41, 5.74) is 0. The molecule has 1 rings (SSSR count). The van der Waals surface area contributed by atoms with Gasteiger partial charge in [0, 0.05) is 7.05 Å². The zero-order valence-corrected chi connectivity index (χ0v) is 10.0. The van der Waals surface area contributed by atoms with Crippen LogP contribution >= 0.6 is 11.8 Å². The summed E-state index contributed by atoms with van der Waals surface area (Å²) in [7, 11) is 2.98. The third-order valence-electron chi connectivity index (χ3n) is 2.43. The monoisotopic (exact) mass is 231 g/mol. The van der Waals surface area contributed by atoms with Crippen LogP contribution in [0, 0.1) is 0 Å². The van der Waals surface area contributed by atoms with Crippen molar-refractivity contribution < 1.29 is 14.3 Å². The third kappa shape index (κ3) is 3.74. The van der Waals surface area contributed by atoms with Gasteiger partial charge in [-0.25, -0.2) is 0 Å². The van der Waals surface area contributed by atoms with E-state index in [0.717, 1.165) is 18.6 Å². The Morgan fingerprint density at radius 1 is 1.47 bits per heavy atom. The van der Waals surface area contributed by atoms with Crippen LogP contribution in [0.25, 0.3) is 0 Å². The molecule has 0 spiro atoms. The third-order valence-corrected chi connectivity index (χ3v) is 3.79. The minimum absolute atomic E-state index is 0.0356. The van der Waals surface area contributed by atoms with Crippen molar-refractivity contribution in [3.63, 3.8) is 0 Å². The first-order chi connectivity index (χ1) is 7.15. The number of thioether (sulfide) groups is 1. The normalized spacial score (nSPS) is 20.8. The molecule has 0 aromatic heterocycles. The number of likely N-dealkylation sites (N-methyl/N-ethyl adjacent to an activating group) is 1. The molecule has 5 heteroatoms. The number of carbonyl (C=O) groups is 2. The summed E-state index contributed by atoms with van der Waals surface area (Å²) in [4.78, 5) is 24.3. The van der Waals surface area contributed by atoms with E-state index in [1.165, 1.54) is 18.4 Å². The topological polar surface area (TPSA) is 46.6 Å². The van der Waals surface area contributed by atoms with Crippen molar-refractivity contribution in [1.82, 2.24) is 4.90 Å². The molecule has 0 N–H and O–H groups in total. The lowest BCUT2D eigenvalue weighted by Crippen LogP contribution is -2.39. The van der Waals surface area contributed by atoms with E-state index in [0.29, 0.717) is 0 Å². The minimum Gasteiger partial charge on any atom is -0.468 e. The fourth-order valence-electron chi connectivity index (χ4n) is 1.52. The Balaban J connectivity index is 2.40. The molecule has 4 nitrogen and oxygen atoms in total. The van der Waals surface area contributed by atoms with Gasteiger partial charge in [0.2, 0.25) is 5.91 Å². The van der Waals surface area contributed by atoms with Crippen LogP contribution in [0.5, 0.6) is 0 Å². The summed E-state index contributed by atoms with van der Waals surface area (Å²) >= 11 is 1.69. The lowest BCUT2D eigenvalue weighted by Gasteiger charge is -2.25. The molecule has 0 radical (unpaired) electrons. The van der Waals surface area contributed by atoms with Crippen molar-refractivity contribution in [3.8, 4) is 0 Å². The van der Waals surface area contributed by atoms with Crippen LogP contribution in [0.2, 0.25) is 0 Å². The molecule has 1 unspecified atom stereocenters. The van der Waals surface area contributed by atoms with Gasteiger partial charge in [0.05, 0.1) is 12.4 Å². The van der Waals surface area contributed by atoms with Crippen molar-refractivity contribution in [2.24, 2.45) is 0 Å². The number of amides is 1. The molecule has 1 atom stereocenters. The molecule has 15 heavy (non-hydrogen) atoms. The van der Waals surface area contributed by atoms with Crippen molar-refractivity contribution in [1.29, 1.82) is 0 Å². The summed E-state index contributed by atoms with van der Waals surface area (Å²) in [6.45, 7) is 0.0480. The molecule has 86 valence electrons. The zero-order valence-electron chi connectivity index (χ0n) is 9.19. The van der Waals surface area contributed by atoms with Crippen LogP contribution < -0.4 is 0 Å². The summed E-state index contributed by atoms with van der Waals surface area (Å²) in [5, 5.41) is 0.0356. The molecule has 0 saturated carbocycles. The number of hydrogen-bond donors (Lipinski definition) is 0. The molecule has 1 aliphatic heterocycles. The Morgan fingerprint density at radius 3 is 2.73 bits per heavy atom. The Kier molecular flexibility index (Phi) is 4.94. The highest BCUT2D eigenvalue weighted by Gasteiger charge is 2.25. The van der Waals surface area contributed by atoms with Gasteiger partial charge in [-0.1, -0.05) is 6.42 Å². The van der Waals surface area contributed by atoms with Crippen molar-refractivity contribution >= 4 is 23.6 Å². The number of rotatable bonds is 3. The van der Waals surface area contributed by atoms with Crippen LogP contribution in [-0.4, -0.2) is 48.5 Å². The average molecular weight is 231 g/mol. The number of nitrogens with zero attached hydrogens (tertiary/aromatic N) is 1. The molecule has 0 bridgehead atoms. The zero-order chi connectivity index (χ0) is 11.3. The molecule has 1 fully saturated rings. The molecular weight excluding hydrogens is 214 g/mol. The Bertz CT molecular complexity index is 239. The maximum absolute atomic E-state index is 11.8. The van der Waals surface area contributed by atoms with Crippen molar-refractivity contribution in [2.45, 2.75) is 24.5 Å². The van der Waals surface area contributed by atoms with E-state index < -0.39 is 0 Å². The van der Waals surface area contributed by atoms with E-state index in [9.17, 15) is 9.59 Å². The molecule has 0 aromatic carbocycles. The molecule has 1 aliphatic rings. The standard InChI is InChI=1S/C10H17NO3S/c1-11(7-9(12)14-2)10(13)8-5-3-4-6-15-8/h8H,3-7H2,1-2H3. The summed E-state index contributed by atoms with van der Waals surface area (Å²) < 4.78 is 4.52. The predicted molar refractivity (Wildman–Crippen MR) is 59.8 cm³/mol. The van der Waals surface area contributed by atoms with Gasteiger partial charge in [0.1, 0.15) is 6.54 Å². The summed E-state index contributed by atoms with van der Waals surface area (Å²) in [6.07, 6.45) is 3.22. The van der Waals surface area contributed by atoms with E-state index in [2.05, 4.69) is 4.74 Å². The van der Waals surface area contributed by atoms with E-state index >= 15 is 0 Å². The highest BCUT2D eigenvalue weighted by molar-refractivity contribution is 8.00. The van der Waals surface area contributed by atoms with Crippen LogP contribution in [0.15, 0.2) is 0 Å². The van der Waals surface area contributed by atoms with Gasteiger partial charge in [0.15, 0.2) is 0 Å². The fourth-order valence-corrected chi connectivity index (χ4v) is 2.83. The van der Waals surface area contributed by atoms with Gasteiger partial charge in [-0.15, -0.1) is 11.8 Å². The molecule has 0 aliphatic carbocycles. The maximum atomic E-state index is 11.8. The predicted octanol–water partition coefficient (Wildman–Crippen LogP) is 0.903. The first-order valence-corrected chi connectivity index (χ1v) is 6.13. The van der Waals surface area contributed by atoms with Crippen molar-refractivity contribution in [2.75, 3.05) is 26.5 Å². The molecule has 0 aromatic rings. The van der Waals surface area contributed by atoms with Crippen LogP contribution in [0.3, 0.4) is 0 Å². The van der Waals surface area contributed by atoms with Crippen LogP contribution in [0.1, 0.15) is 19.3 Å². The first kappa shape index (κ1) is 12.4. The number of methoxy groups -OCH3 is 1. The highest BCUT2D eigenvalue weighted by Crippen LogP contribution is 2.26. The Hall–Kier alpha value is -0.710. The summed E-state index contributed by atoms with van der Waals surface area (Å²) in [5.74, 6) is 0.722. The molecule has 1 amide bonds. The van der Waals surface area contributed by atoms with E-state index in [-0.39, 0.29) is 23.7 Å². The maximum Gasteiger partial charge on any atom is 0.325 e. The Morgan fingerprint density at radius 2 is 2.20 bits per heavy atom. The van der Waals surface area contributed by atoms with Gasteiger partial charge >= 0.3 is 5.97 Å². The number of esters is 1. The average Bonchev–Trinajstić information content (AvgIpc) is 2.29. The summed E-state index contributed by atoms with van der Waals surface area (Å²) in [6, 6.07) is 0. The van der Waals surface area contributed by atoms with Gasteiger partial charge < -0.3 is 9.64 Å². The SMILES string of the molecule is COC(=O)CN(C)C(=O)C1CCCCS1. The largest absolute Gasteiger partial charge is 0.468 e. The molecule has 1 heterocycles. The fraction of sp³-hybridized carbons (Fsp3) is 0.800. The molecular formula is C10H17NO3S. The smallest absolute Gasteiger partial charge is 0.325 e. The minimum atomic E-state index is -0.369. The van der Waals surface area contributed by atoms with Crippen LogP contribution in [0.4, 0.5) is 0 Å². The van der Waals surface area contributed by atoms with Gasteiger partial charge in [0.25, 0.3) is 0 Å². The Labute approximate surface area is 94.3 Å². The second-order valence-electron chi connectivity index (χ2n) is 3.63. The first-order valence-electron chi connectivity index (χ1n) is 5.08. The highest BCUT2D eigenvalue weighted by atomic mass is 32.2. The van der Waals surface area contributed by atoms with Gasteiger partial charge in [-0.05, 0) is 18.6 Å². The van der Waals surface area contributed by atoms with Crippen molar-refractivity contribution in [3.05, 3.63) is 0 Å². The lowest BCUT2D eigenvalue weighted by molar-refractivity contribution is -0.146. The van der Waals surface area contributed by atoms with E-state index in [1.54, 1.807) is 18.8 Å². The van der Waals surface area contributed by atoms with E-state index in [1.807, 2.05) is 0 Å². The van der Waals surface area contributed by atoms with E-state index in [4.69, 9.17) is 0 Å². The number of hydrogen-bond acceptors (Lipinski definition) is 4. The second-order valence-corrected chi connectivity index (χ2v) is 4.94. The second kappa shape index (κ2) is 6.00. The number of ether oxygens (including phenoxy) is 1. The quantitative estimate of drug-likeness (QED) is 0.677. The number of carbonyl (C=O) groups excluding carboxylic acids is 2. The van der Waals surface area contributed by atoms with Crippen LogP contribution in [-0.2, 0) is 14.3 Å².